The summed E-state index contributed by atoms with van der Waals surface area (Å²) in [5.74, 6) is -12.1. The SMILES string of the molecule is CC(=O)O[C@@H]1[C@@H]2[C@H](OC(C)=O)[C@]34O[C@@]2(C)COC(=O)c2cnccc2[C@H](C)[C@@](C)(O)C(=O)O[C@@H]([C@H](OC(C)=O)[C@H](OC(C)=O)[C@@]3(COC(=O)c2ccoc2)[C@H]1OC(C)=O)[C@]4(C)O. The Labute approximate surface area is 353 Å². The van der Waals surface area contributed by atoms with Gasteiger partial charge in [0, 0.05) is 52.9 Å². The van der Waals surface area contributed by atoms with E-state index in [4.69, 9.17) is 47.0 Å². The maximum Gasteiger partial charge on any atom is 0.341 e. The summed E-state index contributed by atoms with van der Waals surface area (Å²) in [4.78, 5) is 113. The number of fused-ring (bicyclic) bond motifs is 5. The van der Waals surface area contributed by atoms with Gasteiger partial charge in [0.05, 0.1) is 23.3 Å². The molecule has 2 aliphatic carbocycles. The second-order valence-electron chi connectivity index (χ2n) is 16.4. The summed E-state index contributed by atoms with van der Waals surface area (Å²) in [6, 6.07) is 2.56. The summed E-state index contributed by atoms with van der Waals surface area (Å²) in [5, 5.41) is 25.6. The Bertz CT molecular complexity index is 2170. The van der Waals surface area contributed by atoms with Gasteiger partial charge in [-0.3, -0.25) is 29.0 Å². The zero-order valence-electron chi connectivity index (χ0n) is 35.2. The Balaban J connectivity index is 1.80. The number of nitrogens with zero attached hydrogens (tertiary/aromatic N) is 1. The molecule has 2 aromatic rings. The molecule has 0 radical (unpaired) electrons. The van der Waals surface area contributed by atoms with Crippen LogP contribution in [0.2, 0.25) is 0 Å². The van der Waals surface area contributed by atoms with Crippen molar-refractivity contribution in [3.05, 3.63) is 53.7 Å². The van der Waals surface area contributed by atoms with E-state index < -0.39 is 137 Å². The average Bonchev–Trinajstić information content (AvgIpc) is 3.79. The van der Waals surface area contributed by atoms with Gasteiger partial charge >= 0.3 is 47.8 Å². The minimum Gasteiger partial charge on any atom is -0.472 e. The van der Waals surface area contributed by atoms with Gasteiger partial charge in [-0.05, 0) is 38.5 Å². The van der Waals surface area contributed by atoms with Gasteiger partial charge < -0.3 is 57.3 Å². The molecule has 21 heteroatoms. The Morgan fingerprint density at radius 2 is 1.37 bits per heavy atom. The summed E-state index contributed by atoms with van der Waals surface area (Å²) in [5.41, 5.74) is -13.7. The summed E-state index contributed by atoms with van der Waals surface area (Å²) < 4.78 is 59.7. The van der Waals surface area contributed by atoms with Crippen molar-refractivity contribution in [3.63, 3.8) is 0 Å². The molecule has 3 fully saturated rings. The highest BCUT2D eigenvalue weighted by Gasteiger charge is 2.92. The molecule has 1 spiro atoms. The van der Waals surface area contributed by atoms with Crippen LogP contribution in [0, 0.1) is 11.3 Å². The summed E-state index contributed by atoms with van der Waals surface area (Å²) >= 11 is 0. The molecule has 4 heterocycles. The minimum absolute atomic E-state index is 0.0467. The lowest BCUT2D eigenvalue weighted by atomic mass is 9.45. The molecule has 2 aliphatic heterocycles. The average molecular weight is 874 g/mol. The Morgan fingerprint density at radius 1 is 0.806 bits per heavy atom. The van der Waals surface area contributed by atoms with Crippen molar-refractivity contribution < 1.29 is 95.6 Å². The number of aromatic nitrogens is 1. The predicted octanol–water partition coefficient (Wildman–Crippen LogP) is 1.04. The first kappa shape index (κ1) is 45.6. The molecule has 2 N–H and O–H groups in total. The second kappa shape index (κ2) is 16.1. The maximum atomic E-state index is 14.6. The lowest BCUT2D eigenvalue weighted by molar-refractivity contribution is -0.387. The summed E-state index contributed by atoms with van der Waals surface area (Å²) in [6.07, 6.45) is -8.23. The van der Waals surface area contributed by atoms with Crippen LogP contribution in [-0.4, -0.2) is 135 Å². The number of cyclic esters (lactones) is 1. The van der Waals surface area contributed by atoms with Crippen molar-refractivity contribution in [2.24, 2.45) is 11.3 Å². The normalized spacial score (nSPS) is 37.3. The van der Waals surface area contributed by atoms with Crippen LogP contribution >= 0.6 is 0 Å². The first-order valence-electron chi connectivity index (χ1n) is 19.4. The Hall–Kier alpha value is -5.93. The monoisotopic (exact) mass is 873 g/mol. The number of furan rings is 1. The van der Waals surface area contributed by atoms with Crippen LogP contribution < -0.4 is 0 Å². The van der Waals surface area contributed by atoms with Gasteiger partial charge in [-0.1, -0.05) is 6.92 Å². The number of carbonyl (C=O) groups is 8. The molecule has 62 heavy (non-hydrogen) atoms. The Morgan fingerprint density at radius 3 is 1.94 bits per heavy atom. The van der Waals surface area contributed by atoms with Crippen LogP contribution in [0.5, 0.6) is 0 Å². The van der Waals surface area contributed by atoms with Crippen LogP contribution in [0.25, 0.3) is 0 Å². The molecule has 13 atom stereocenters. The maximum absolute atomic E-state index is 14.6. The smallest absolute Gasteiger partial charge is 0.341 e. The molecule has 2 aromatic heterocycles. The molecule has 0 amide bonds. The van der Waals surface area contributed by atoms with Crippen LogP contribution in [0.1, 0.15) is 94.5 Å². The van der Waals surface area contributed by atoms with Gasteiger partial charge in [-0.25, -0.2) is 14.4 Å². The lowest BCUT2D eigenvalue weighted by Gasteiger charge is -2.67. The molecule has 0 unspecified atom stereocenters. The molecule has 4 bridgehead atoms. The number of aliphatic hydroxyl groups is 2. The molecule has 4 aliphatic rings. The molecule has 1 saturated heterocycles. The van der Waals surface area contributed by atoms with E-state index in [1.54, 1.807) is 0 Å². The fourth-order valence-electron chi connectivity index (χ4n) is 9.72. The van der Waals surface area contributed by atoms with Crippen LogP contribution in [0.3, 0.4) is 0 Å². The van der Waals surface area contributed by atoms with Gasteiger partial charge in [0.1, 0.15) is 48.3 Å². The molecule has 0 aromatic carbocycles. The van der Waals surface area contributed by atoms with E-state index in [1.807, 2.05) is 0 Å². The quantitative estimate of drug-likeness (QED) is 0.277. The standard InChI is InChI=1S/C41H47NO20/c1-18-25-10-12-42-14-26(25)35(49)54-16-37(7)27-28(56-19(2)43)32(59-22(5)46)40(17-55-34(48)24-11-13-53-15-24)33(60-23(6)47)29(57-20(3)44)31(61-36(50)38(18,8)51)39(9,52)41(40,62-37)30(27)58-21(4)45/h10-15,18,27-33,51-52H,16-17H2,1-9H3/t18-,27+,28+,29-,30-,31-,32-,33-,37-,38+,39-,40+,41+/m0/s1. The highest BCUT2D eigenvalue weighted by Crippen LogP contribution is 2.70. The molecule has 336 valence electrons. The van der Waals surface area contributed by atoms with E-state index in [1.165, 1.54) is 32.2 Å². The van der Waals surface area contributed by atoms with Crippen molar-refractivity contribution in [2.45, 2.75) is 127 Å². The van der Waals surface area contributed by atoms with Crippen molar-refractivity contribution >= 4 is 47.8 Å². The van der Waals surface area contributed by atoms with E-state index in [0.717, 1.165) is 67.2 Å². The van der Waals surface area contributed by atoms with E-state index >= 15 is 0 Å². The third kappa shape index (κ3) is 7.14. The van der Waals surface area contributed by atoms with Crippen molar-refractivity contribution in [1.82, 2.24) is 4.98 Å². The first-order valence-corrected chi connectivity index (χ1v) is 19.4. The predicted molar refractivity (Wildman–Crippen MR) is 199 cm³/mol. The third-order valence-electron chi connectivity index (χ3n) is 12.3. The van der Waals surface area contributed by atoms with E-state index in [2.05, 4.69) is 4.98 Å². The first-order chi connectivity index (χ1) is 28.9. The summed E-state index contributed by atoms with van der Waals surface area (Å²) in [7, 11) is 0. The van der Waals surface area contributed by atoms with Gasteiger partial charge in [0.2, 0.25) is 0 Å². The number of rotatable bonds is 8. The van der Waals surface area contributed by atoms with E-state index in [0.29, 0.717) is 0 Å². The summed E-state index contributed by atoms with van der Waals surface area (Å²) in [6.45, 7) is 7.47. The number of pyridine rings is 1. The highest BCUT2D eigenvalue weighted by atomic mass is 16.7. The third-order valence-corrected chi connectivity index (χ3v) is 12.3. The largest absolute Gasteiger partial charge is 0.472 e. The number of hydrogen-bond donors (Lipinski definition) is 2. The highest BCUT2D eigenvalue weighted by molar-refractivity contribution is 5.92. The molecule has 6 rings (SSSR count). The van der Waals surface area contributed by atoms with Gasteiger partial charge in [0.25, 0.3) is 0 Å². The number of hydrogen-bond acceptors (Lipinski definition) is 21. The minimum atomic E-state index is -2.99. The second-order valence-corrected chi connectivity index (χ2v) is 16.4. The van der Waals surface area contributed by atoms with Crippen molar-refractivity contribution in [3.8, 4) is 0 Å². The fourth-order valence-corrected chi connectivity index (χ4v) is 9.72. The lowest BCUT2D eigenvalue weighted by Crippen LogP contribution is -2.89. The van der Waals surface area contributed by atoms with Crippen LogP contribution in [0.15, 0.2) is 41.5 Å². The van der Waals surface area contributed by atoms with E-state index in [9.17, 15) is 48.6 Å². The van der Waals surface area contributed by atoms with E-state index in [-0.39, 0.29) is 16.7 Å². The Kier molecular flexibility index (Phi) is 11.8. The molecular weight excluding hydrogens is 826 g/mol. The topological polar surface area (TPSA) is 286 Å². The fraction of sp³-hybridized carbons (Fsp3) is 0.585. The van der Waals surface area contributed by atoms with Crippen molar-refractivity contribution in [2.75, 3.05) is 13.2 Å². The number of carbonyl (C=O) groups excluding carboxylic acids is 8. The van der Waals surface area contributed by atoms with Gasteiger partial charge in [-0.15, -0.1) is 0 Å². The number of esters is 8. The van der Waals surface area contributed by atoms with Crippen LogP contribution in [-0.2, 0) is 71.4 Å². The van der Waals surface area contributed by atoms with Crippen LogP contribution in [0.4, 0.5) is 0 Å². The molecular formula is C41H47NO20. The zero-order chi connectivity index (χ0) is 45.9. The van der Waals surface area contributed by atoms with Crippen molar-refractivity contribution in [1.29, 1.82) is 0 Å². The number of ether oxygens (including phenoxy) is 9. The molecule has 21 nitrogen and oxygen atoms in total. The van der Waals surface area contributed by atoms with Gasteiger partial charge in [0.15, 0.2) is 35.6 Å². The zero-order valence-corrected chi connectivity index (χ0v) is 35.2. The van der Waals surface area contributed by atoms with Gasteiger partial charge in [-0.2, -0.15) is 0 Å². The molecule has 2 saturated carbocycles.